The highest BCUT2D eigenvalue weighted by atomic mass is 32.2. The van der Waals surface area contributed by atoms with E-state index in [1.165, 1.54) is 35.6 Å². The summed E-state index contributed by atoms with van der Waals surface area (Å²) in [5.74, 6) is 0.368. The lowest BCUT2D eigenvalue weighted by molar-refractivity contribution is -0.116. The number of sulfone groups is 1. The second-order valence-corrected chi connectivity index (χ2v) is 12.7. The van der Waals surface area contributed by atoms with Gasteiger partial charge in [-0.3, -0.25) is 4.79 Å². The zero-order valence-electron chi connectivity index (χ0n) is 17.9. The minimum absolute atomic E-state index is 0.151. The molecule has 2 aliphatic rings. The lowest BCUT2D eigenvalue weighted by Crippen LogP contribution is -2.19. The first kappa shape index (κ1) is 21.7. The van der Waals surface area contributed by atoms with E-state index in [9.17, 15) is 18.3 Å². The summed E-state index contributed by atoms with van der Waals surface area (Å²) in [6.45, 7) is 5.49. The Hall–Kier alpha value is -1.50. The average molecular weight is 447 g/mol. The third-order valence-corrected chi connectivity index (χ3v) is 10.1. The molecule has 6 heteroatoms. The number of Topliss-reactive ketones (excluding diaryl/α,β-unsaturated/α-hetero) is 1. The first-order chi connectivity index (χ1) is 14.1. The van der Waals surface area contributed by atoms with E-state index in [0.717, 1.165) is 36.2 Å². The van der Waals surface area contributed by atoms with Crippen LogP contribution in [0.25, 0.3) is 0 Å². The summed E-state index contributed by atoms with van der Waals surface area (Å²) in [7, 11) is -3.71. The Morgan fingerprint density at radius 1 is 1.20 bits per heavy atom. The number of benzene rings is 1. The van der Waals surface area contributed by atoms with E-state index >= 15 is 0 Å². The normalized spacial score (nSPS) is 17.7. The van der Waals surface area contributed by atoms with Crippen LogP contribution >= 0.6 is 11.3 Å². The number of hydrogen-bond acceptors (Lipinski definition) is 5. The summed E-state index contributed by atoms with van der Waals surface area (Å²) in [4.78, 5) is 13.5. The molecule has 1 saturated carbocycles. The summed E-state index contributed by atoms with van der Waals surface area (Å²) in [6, 6.07) is 7.52. The summed E-state index contributed by atoms with van der Waals surface area (Å²) in [5.41, 5.74) is 3.84. The minimum atomic E-state index is -3.71. The monoisotopic (exact) mass is 446 g/mol. The van der Waals surface area contributed by atoms with E-state index in [-0.39, 0.29) is 16.4 Å². The standard InChI is InChI=1S/C24H30O4S2/c1-15(16-7-8-16)19-10-9-17-5-4-6-20(17)21(19)13-18(25)14-30(27,28)23-12-11-22(29-23)24(2,3)26/h9-12,15-16,26H,4-8,13-14H2,1-3H3/t15-/m1/s1. The number of fused-ring (bicyclic) bond motifs is 1. The molecule has 1 aromatic heterocycles. The van der Waals surface area contributed by atoms with Crippen molar-refractivity contribution in [2.24, 2.45) is 5.92 Å². The predicted octanol–water partition coefficient (Wildman–Crippen LogP) is 4.56. The number of carbonyl (C=O) groups is 1. The number of aryl methyl sites for hydroxylation is 1. The summed E-state index contributed by atoms with van der Waals surface area (Å²) < 4.78 is 25.9. The Morgan fingerprint density at radius 2 is 1.93 bits per heavy atom. The van der Waals surface area contributed by atoms with Crippen LogP contribution in [0.1, 0.15) is 73.1 Å². The number of carbonyl (C=O) groups excluding carboxylic acids is 1. The fraction of sp³-hybridized carbons (Fsp3) is 0.542. The molecule has 0 aliphatic heterocycles. The van der Waals surface area contributed by atoms with Crippen molar-refractivity contribution in [1.82, 2.24) is 0 Å². The molecule has 0 bridgehead atoms. The van der Waals surface area contributed by atoms with Gasteiger partial charge in [0.05, 0.1) is 5.60 Å². The number of thiophene rings is 1. The Balaban J connectivity index is 1.57. The third-order valence-electron chi connectivity index (χ3n) is 6.47. The zero-order chi connectivity index (χ0) is 21.7. The maximum Gasteiger partial charge on any atom is 0.194 e. The van der Waals surface area contributed by atoms with Crippen LogP contribution in [0.15, 0.2) is 28.5 Å². The van der Waals surface area contributed by atoms with Crippen molar-refractivity contribution in [3.8, 4) is 0 Å². The highest BCUT2D eigenvalue weighted by Gasteiger charge is 2.33. The molecule has 30 heavy (non-hydrogen) atoms. The molecule has 162 valence electrons. The van der Waals surface area contributed by atoms with Gasteiger partial charge in [0.15, 0.2) is 15.6 Å². The molecule has 1 aromatic carbocycles. The Labute approximate surface area is 183 Å². The average Bonchev–Trinajstić information content (AvgIpc) is 3.16. The lowest BCUT2D eigenvalue weighted by atomic mass is 9.86. The number of hydrogen-bond donors (Lipinski definition) is 1. The molecule has 0 radical (unpaired) electrons. The van der Waals surface area contributed by atoms with Gasteiger partial charge in [-0.25, -0.2) is 8.42 Å². The number of aliphatic hydroxyl groups is 1. The fourth-order valence-electron chi connectivity index (χ4n) is 4.59. The summed E-state index contributed by atoms with van der Waals surface area (Å²) >= 11 is 1.05. The van der Waals surface area contributed by atoms with Gasteiger partial charge in [-0.1, -0.05) is 19.1 Å². The lowest BCUT2D eigenvalue weighted by Gasteiger charge is -2.19. The summed E-state index contributed by atoms with van der Waals surface area (Å²) in [5, 5.41) is 10.1. The molecule has 2 aliphatic carbocycles. The SMILES string of the molecule is C[C@@H](c1ccc2c(c1CC(=O)CS(=O)(=O)c1ccc(C(C)(C)O)s1)CCC2)C1CC1. The van der Waals surface area contributed by atoms with E-state index in [0.29, 0.717) is 16.7 Å². The minimum Gasteiger partial charge on any atom is -0.385 e. The van der Waals surface area contributed by atoms with Gasteiger partial charge in [0, 0.05) is 11.3 Å². The molecule has 1 N–H and O–H groups in total. The van der Waals surface area contributed by atoms with Gasteiger partial charge in [-0.05, 0) is 92.2 Å². The van der Waals surface area contributed by atoms with Gasteiger partial charge >= 0.3 is 0 Å². The highest BCUT2D eigenvalue weighted by Crippen LogP contribution is 2.44. The van der Waals surface area contributed by atoms with Crippen LogP contribution in [0.4, 0.5) is 0 Å². The van der Waals surface area contributed by atoms with E-state index < -0.39 is 21.2 Å². The van der Waals surface area contributed by atoms with Crippen molar-refractivity contribution >= 4 is 27.0 Å². The van der Waals surface area contributed by atoms with Gasteiger partial charge in [-0.2, -0.15) is 0 Å². The third kappa shape index (κ3) is 4.41. The van der Waals surface area contributed by atoms with E-state index in [4.69, 9.17) is 0 Å². The molecule has 1 atom stereocenters. The summed E-state index contributed by atoms with van der Waals surface area (Å²) in [6.07, 6.45) is 5.80. The van der Waals surface area contributed by atoms with Gasteiger partial charge < -0.3 is 5.11 Å². The van der Waals surface area contributed by atoms with Crippen LogP contribution in [-0.4, -0.2) is 25.1 Å². The van der Waals surface area contributed by atoms with E-state index in [1.54, 1.807) is 19.9 Å². The second-order valence-electron chi connectivity index (χ2n) is 9.40. The first-order valence-electron chi connectivity index (χ1n) is 10.8. The van der Waals surface area contributed by atoms with Crippen LogP contribution in [0.3, 0.4) is 0 Å². The molecule has 0 amide bonds. The van der Waals surface area contributed by atoms with Crippen LogP contribution in [-0.2, 0) is 39.5 Å². The van der Waals surface area contributed by atoms with Crippen LogP contribution < -0.4 is 0 Å². The maximum atomic E-state index is 12.9. The molecule has 0 spiro atoms. The van der Waals surface area contributed by atoms with Crippen molar-refractivity contribution in [1.29, 1.82) is 0 Å². The molecule has 4 rings (SSSR count). The molecular weight excluding hydrogens is 416 g/mol. The second kappa shape index (κ2) is 7.88. The largest absolute Gasteiger partial charge is 0.385 e. The smallest absolute Gasteiger partial charge is 0.194 e. The van der Waals surface area contributed by atoms with Gasteiger partial charge in [0.25, 0.3) is 0 Å². The molecule has 1 heterocycles. The highest BCUT2D eigenvalue weighted by molar-refractivity contribution is 7.94. The van der Waals surface area contributed by atoms with E-state index in [1.807, 2.05) is 0 Å². The van der Waals surface area contributed by atoms with Crippen molar-refractivity contribution in [3.63, 3.8) is 0 Å². The predicted molar refractivity (Wildman–Crippen MR) is 120 cm³/mol. The van der Waals surface area contributed by atoms with Gasteiger partial charge in [0.1, 0.15) is 9.96 Å². The van der Waals surface area contributed by atoms with Crippen molar-refractivity contribution < 1.29 is 18.3 Å². The maximum absolute atomic E-state index is 12.9. The molecule has 1 fully saturated rings. The zero-order valence-corrected chi connectivity index (χ0v) is 19.5. The number of ketones is 1. The first-order valence-corrected chi connectivity index (χ1v) is 13.2. The molecule has 4 nitrogen and oxygen atoms in total. The van der Waals surface area contributed by atoms with Gasteiger partial charge in [-0.15, -0.1) is 11.3 Å². The van der Waals surface area contributed by atoms with Crippen molar-refractivity contribution in [2.45, 2.75) is 75.0 Å². The molecule has 0 unspecified atom stereocenters. The fourth-order valence-corrected chi connectivity index (χ4v) is 7.23. The molecule has 0 saturated heterocycles. The topological polar surface area (TPSA) is 71.4 Å². The number of rotatable bonds is 8. The Kier molecular flexibility index (Phi) is 5.71. The van der Waals surface area contributed by atoms with Gasteiger partial charge in [0.2, 0.25) is 0 Å². The van der Waals surface area contributed by atoms with E-state index in [2.05, 4.69) is 19.1 Å². The Bertz CT molecular complexity index is 1070. The molecular formula is C24H30O4S2. The Morgan fingerprint density at radius 3 is 2.57 bits per heavy atom. The van der Waals surface area contributed by atoms with Crippen LogP contribution in [0.2, 0.25) is 0 Å². The van der Waals surface area contributed by atoms with Crippen molar-refractivity contribution in [3.05, 3.63) is 51.4 Å². The van der Waals surface area contributed by atoms with Crippen LogP contribution in [0.5, 0.6) is 0 Å². The van der Waals surface area contributed by atoms with Crippen molar-refractivity contribution in [2.75, 3.05) is 5.75 Å². The van der Waals surface area contributed by atoms with Crippen LogP contribution in [0, 0.1) is 5.92 Å². The molecule has 2 aromatic rings. The quantitative estimate of drug-likeness (QED) is 0.645.